The van der Waals surface area contributed by atoms with Gasteiger partial charge in [-0.15, -0.1) is 0 Å². The molecule has 0 bridgehead atoms. The molecule has 0 saturated heterocycles. The van der Waals surface area contributed by atoms with Gasteiger partial charge in [-0.25, -0.2) is 0 Å². The number of hydrogen-bond donors (Lipinski definition) is 0. The van der Waals surface area contributed by atoms with E-state index in [9.17, 15) is 0 Å². The molecule has 29 heavy (non-hydrogen) atoms. The number of anilines is 1. The van der Waals surface area contributed by atoms with Gasteiger partial charge in [-0.3, -0.25) is 0 Å². The van der Waals surface area contributed by atoms with Gasteiger partial charge in [-0.2, -0.15) is 10.5 Å². The maximum absolute atomic E-state index is 8.94. The van der Waals surface area contributed by atoms with E-state index in [0.717, 1.165) is 42.1 Å². The van der Waals surface area contributed by atoms with Gasteiger partial charge in [0.05, 0.1) is 6.54 Å². The molecule has 0 heterocycles. The van der Waals surface area contributed by atoms with Gasteiger partial charge in [0.1, 0.15) is 30.1 Å². The van der Waals surface area contributed by atoms with Crippen molar-refractivity contribution >= 4 is 11.8 Å². The Hall–Kier alpha value is -3.24. The summed E-state index contributed by atoms with van der Waals surface area (Å²) >= 11 is 0. The van der Waals surface area contributed by atoms with E-state index in [-0.39, 0.29) is 5.57 Å². The van der Waals surface area contributed by atoms with Crippen LogP contribution in [0.2, 0.25) is 0 Å². The van der Waals surface area contributed by atoms with Gasteiger partial charge in [0, 0.05) is 12.2 Å². The molecular formula is C25H29N3O. The number of unbranched alkanes of at least 4 members (excludes halogenated alkanes) is 1. The van der Waals surface area contributed by atoms with E-state index in [0.29, 0.717) is 6.61 Å². The molecule has 0 aliphatic rings. The predicted molar refractivity (Wildman–Crippen MR) is 119 cm³/mol. The summed E-state index contributed by atoms with van der Waals surface area (Å²) in [6.07, 6.45) is 5.17. The van der Waals surface area contributed by atoms with Gasteiger partial charge in [-0.05, 0) is 73.7 Å². The molecule has 150 valence electrons. The highest BCUT2D eigenvalue weighted by molar-refractivity contribution is 5.66. The summed E-state index contributed by atoms with van der Waals surface area (Å²) in [5.41, 5.74) is 4.50. The Morgan fingerprint density at radius 1 is 1.07 bits per heavy atom. The molecule has 0 atom stereocenters. The molecule has 0 amide bonds. The van der Waals surface area contributed by atoms with Gasteiger partial charge in [0.2, 0.25) is 0 Å². The van der Waals surface area contributed by atoms with Crippen LogP contribution < -0.4 is 9.64 Å². The third-order valence-electron chi connectivity index (χ3n) is 4.91. The first kappa shape index (κ1) is 22.1. The fraction of sp³-hybridized carbons (Fsp3) is 0.360. The van der Waals surface area contributed by atoms with E-state index in [1.807, 2.05) is 31.2 Å². The van der Waals surface area contributed by atoms with Gasteiger partial charge in [0.25, 0.3) is 0 Å². The Labute approximate surface area is 174 Å². The first-order chi connectivity index (χ1) is 14.1. The summed E-state index contributed by atoms with van der Waals surface area (Å²) in [6, 6.07) is 18.3. The van der Waals surface area contributed by atoms with Crippen molar-refractivity contribution in [2.45, 2.75) is 40.0 Å². The van der Waals surface area contributed by atoms with Crippen molar-refractivity contribution in [2.75, 3.05) is 24.6 Å². The molecule has 0 aliphatic carbocycles. The van der Waals surface area contributed by atoms with E-state index in [4.69, 9.17) is 15.3 Å². The Morgan fingerprint density at radius 2 is 1.79 bits per heavy atom. The standard InChI is InChI=1S/C25H29N3O/c1-4-6-7-21-8-12-25(13-9-21)29-15-14-28(5-2)24-11-10-23(20(3)16-24)17-22(18-26)19-27/h8-13,16-17H,4-7,14-15H2,1-3H3. The average Bonchev–Trinajstić information content (AvgIpc) is 2.75. The molecule has 0 aromatic heterocycles. The highest BCUT2D eigenvalue weighted by Crippen LogP contribution is 2.21. The van der Waals surface area contributed by atoms with Crippen LogP contribution in [0.25, 0.3) is 6.08 Å². The van der Waals surface area contributed by atoms with Crippen molar-refractivity contribution in [2.24, 2.45) is 0 Å². The molecule has 0 radical (unpaired) electrons. The van der Waals surface area contributed by atoms with Crippen LogP contribution in [0.15, 0.2) is 48.0 Å². The third-order valence-corrected chi connectivity index (χ3v) is 4.91. The minimum atomic E-state index is 0.113. The lowest BCUT2D eigenvalue weighted by Crippen LogP contribution is -2.28. The molecule has 2 aromatic carbocycles. The second kappa shape index (κ2) is 11.6. The summed E-state index contributed by atoms with van der Waals surface area (Å²) in [5, 5.41) is 17.9. The van der Waals surface area contributed by atoms with Crippen molar-refractivity contribution in [1.29, 1.82) is 10.5 Å². The minimum absolute atomic E-state index is 0.113. The maximum Gasteiger partial charge on any atom is 0.130 e. The van der Waals surface area contributed by atoms with Crippen LogP contribution in [0.5, 0.6) is 5.75 Å². The number of benzene rings is 2. The first-order valence-corrected chi connectivity index (χ1v) is 10.2. The molecule has 0 aliphatic heterocycles. The molecular weight excluding hydrogens is 358 g/mol. The Bertz CT molecular complexity index is 885. The van der Waals surface area contributed by atoms with Gasteiger partial charge < -0.3 is 9.64 Å². The van der Waals surface area contributed by atoms with E-state index in [2.05, 4.69) is 49.1 Å². The molecule has 4 nitrogen and oxygen atoms in total. The number of aryl methyl sites for hydroxylation is 2. The van der Waals surface area contributed by atoms with E-state index >= 15 is 0 Å². The van der Waals surface area contributed by atoms with Gasteiger partial charge in [0.15, 0.2) is 0 Å². The normalized spacial score (nSPS) is 9.97. The Kier molecular flexibility index (Phi) is 8.80. The fourth-order valence-electron chi connectivity index (χ4n) is 3.14. The number of rotatable bonds is 10. The highest BCUT2D eigenvalue weighted by Gasteiger charge is 2.07. The second-order valence-electron chi connectivity index (χ2n) is 7.00. The number of nitriles is 2. The van der Waals surface area contributed by atoms with E-state index in [1.165, 1.54) is 18.4 Å². The highest BCUT2D eigenvalue weighted by atomic mass is 16.5. The SMILES string of the molecule is CCCCc1ccc(OCCN(CC)c2ccc(C=C(C#N)C#N)c(C)c2)cc1. The summed E-state index contributed by atoms with van der Waals surface area (Å²) in [5.74, 6) is 0.901. The third kappa shape index (κ3) is 6.70. The van der Waals surface area contributed by atoms with Crippen molar-refractivity contribution in [3.8, 4) is 17.9 Å². The summed E-state index contributed by atoms with van der Waals surface area (Å²) in [6.45, 7) is 8.58. The predicted octanol–water partition coefficient (Wildman–Crippen LogP) is 5.67. The Morgan fingerprint density at radius 3 is 2.38 bits per heavy atom. The van der Waals surface area contributed by atoms with Crippen LogP contribution in [-0.4, -0.2) is 19.7 Å². The van der Waals surface area contributed by atoms with Crippen molar-refractivity contribution in [3.05, 3.63) is 64.7 Å². The number of nitrogens with zero attached hydrogens (tertiary/aromatic N) is 3. The maximum atomic E-state index is 8.94. The zero-order valence-corrected chi connectivity index (χ0v) is 17.6. The van der Waals surface area contributed by atoms with Crippen LogP contribution in [0, 0.1) is 29.6 Å². The van der Waals surface area contributed by atoms with Crippen molar-refractivity contribution < 1.29 is 4.74 Å². The molecule has 4 heteroatoms. The molecule has 0 saturated carbocycles. The van der Waals surface area contributed by atoms with Crippen LogP contribution in [-0.2, 0) is 6.42 Å². The van der Waals surface area contributed by atoms with Crippen LogP contribution >= 0.6 is 0 Å². The van der Waals surface area contributed by atoms with Crippen LogP contribution in [0.4, 0.5) is 5.69 Å². The molecule has 2 aromatic rings. The summed E-state index contributed by atoms with van der Waals surface area (Å²) in [7, 11) is 0. The fourth-order valence-corrected chi connectivity index (χ4v) is 3.14. The zero-order chi connectivity index (χ0) is 21.1. The smallest absolute Gasteiger partial charge is 0.130 e. The average molecular weight is 388 g/mol. The number of likely N-dealkylation sites (N-methyl/N-ethyl adjacent to an activating group) is 1. The molecule has 0 N–H and O–H groups in total. The monoisotopic (exact) mass is 387 g/mol. The van der Waals surface area contributed by atoms with Gasteiger partial charge >= 0.3 is 0 Å². The van der Waals surface area contributed by atoms with Crippen molar-refractivity contribution in [3.63, 3.8) is 0 Å². The van der Waals surface area contributed by atoms with Crippen molar-refractivity contribution in [1.82, 2.24) is 0 Å². The molecule has 0 spiro atoms. The topological polar surface area (TPSA) is 60.0 Å². The lowest BCUT2D eigenvalue weighted by molar-refractivity contribution is 0.324. The molecule has 0 fully saturated rings. The number of allylic oxidation sites excluding steroid dienone is 1. The molecule has 0 unspecified atom stereocenters. The quantitative estimate of drug-likeness (QED) is 0.493. The second-order valence-corrected chi connectivity index (χ2v) is 7.00. The lowest BCUT2D eigenvalue weighted by atomic mass is 10.0. The number of hydrogen-bond acceptors (Lipinski definition) is 4. The van der Waals surface area contributed by atoms with E-state index < -0.39 is 0 Å². The van der Waals surface area contributed by atoms with Gasteiger partial charge in [-0.1, -0.05) is 31.5 Å². The van der Waals surface area contributed by atoms with E-state index in [1.54, 1.807) is 6.08 Å². The summed E-state index contributed by atoms with van der Waals surface area (Å²) in [4.78, 5) is 2.26. The summed E-state index contributed by atoms with van der Waals surface area (Å²) < 4.78 is 5.93. The lowest BCUT2D eigenvalue weighted by Gasteiger charge is -2.24. The van der Waals surface area contributed by atoms with Crippen LogP contribution in [0.3, 0.4) is 0 Å². The van der Waals surface area contributed by atoms with Crippen LogP contribution in [0.1, 0.15) is 43.4 Å². The Balaban J connectivity index is 1.96. The zero-order valence-electron chi connectivity index (χ0n) is 17.6. The largest absolute Gasteiger partial charge is 0.492 e. The molecule has 2 rings (SSSR count). The number of ether oxygens (including phenoxy) is 1. The first-order valence-electron chi connectivity index (χ1n) is 10.2. The minimum Gasteiger partial charge on any atom is -0.492 e.